The topological polar surface area (TPSA) is 63.2 Å². The number of halogens is 1. The van der Waals surface area contributed by atoms with E-state index in [1.807, 2.05) is 0 Å². The zero-order chi connectivity index (χ0) is 33.4. The van der Waals surface area contributed by atoms with Gasteiger partial charge in [0.05, 0.1) is 0 Å². The van der Waals surface area contributed by atoms with E-state index >= 15 is 0 Å². The molecule has 0 unspecified atom stereocenters. The maximum absolute atomic E-state index is 3.86. The first-order valence-electron chi connectivity index (χ1n) is 16.8. The molecule has 5 heteroatoms. The summed E-state index contributed by atoms with van der Waals surface area (Å²) in [5.41, 5.74) is 14.3. The van der Waals surface area contributed by atoms with Gasteiger partial charge in [-0.25, -0.2) is 0 Å². The molecule has 0 spiro atoms. The number of hydrogen-bond acceptors (Lipinski definition) is 0. The molecule has 0 saturated carbocycles. The average molecular weight is 710 g/mol. The molecule has 4 nitrogen and oxygen atoms in total. The zero-order valence-electron chi connectivity index (χ0n) is 27.2. The van der Waals surface area contributed by atoms with Gasteiger partial charge in [-0.3, -0.25) is 0 Å². The molecule has 1 aliphatic rings. The fraction of sp³-hybridized carbons (Fsp3) is 0.0222. The van der Waals surface area contributed by atoms with E-state index in [-0.39, 0.29) is 0 Å². The molecule has 50 heavy (non-hydrogen) atoms. The largest absolute Gasteiger partial charge is 0.354 e. The highest BCUT2D eigenvalue weighted by Gasteiger charge is 2.18. The van der Waals surface area contributed by atoms with Crippen LogP contribution in [0.25, 0.3) is 22.3 Å². The van der Waals surface area contributed by atoms with E-state index in [0.29, 0.717) is 0 Å². The van der Waals surface area contributed by atoms with E-state index in [0.717, 1.165) is 94.0 Å². The second-order valence-corrected chi connectivity index (χ2v) is 13.1. The average Bonchev–Trinajstić information content (AvgIpc) is 4.01. The lowest BCUT2D eigenvalue weighted by atomic mass is 10.0. The Morgan fingerprint density at radius 2 is 0.600 bits per heavy atom. The summed E-state index contributed by atoms with van der Waals surface area (Å²) in [6.45, 7) is 0. The Kier molecular flexibility index (Phi) is 7.68. The van der Waals surface area contributed by atoms with Crippen LogP contribution >= 0.6 is 15.9 Å². The summed E-state index contributed by atoms with van der Waals surface area (Å²) in [4.78, 5) is 15.4. The number of aromatic amines is 4. The van der Waals surface area contributed by atoms with E-state index in [9.17, 15) is 0 Å². The van der Waals surface area contributed by atoms with Gasteiger partial charge < -0.3 is 19.9 Å². The molecule has 0 aliphatic carbocycles. The smallest absolute Gasteiger partial charge is 0.0485 e. The Morgan fingerprint density at radius 1 is 0.300 bits per heavy atom. The second kappa shape index (κ2) is 12.8. The lowest BCUT2D eigenvalue weighted by molar-refractivity contribution is 1.19. The van der Waals surface area contributed by atoms with Crippen LogP contribution in [0.3, 0.4) is 0 Å². The van der Waals surface area contributed by atoms with E-state index in [4.69, 9.17) is 0 Å². The molecule has 0 atom stereocenters. The van der Waals surface area contributed by atoms with Crippen molar-refractivity contribution in [2.45, 2.75) is 5.33 Å². The third-order valence-electron chi connectivity index (χ3n) is 9.48. The van der Waals surface area contributed by atoms with Crippen LogP contribution < -0.4 is 21.4 Å². The van der Waals surface area contributed by atoms with Crippen LogP contribution in [-0.2, 0) is 5.33 Å². The van der Waals surface area contributed by atoms with Gasteiger partial charge in [0.25, 0.3) is 0 Å². The Balaban J connectivity index is 1.43. The van der Waals surface area contributed by atoms with Gasteiger partial charge in [-0.2, -0.15) is 0 Å². The molecule has 0 amide bonds. The van der Waals surface area contributed by atoms with Gasteiger partial charge in [0.2, 0.25) is 0 Å². The quantitative estimate of drug-likeness (QED) is 0.137. The third kappa shape index (κ3) is 5.42. The molecular formula is C45H33BrN4. The number of nitrogens with one attached hydrogen (secondary N) is 4. The first-order valence-corrected chi connectivity index (χ1v) is 17.9. The lowest BCUT2D eigenvalue weighted by Crippen LogP contribution is -2.19. The highest BCUT2D eigenvalue weighted by Crippen LogP contribution is 2.28. The summed E-state index contributed by atoms with van der Waals surface area (Å²) < 4.78 is 0. The van der Waals surface area contributed by atoms with Crippen molar-refractivity contribution in [2.75, 3.05) is 0 Å². The van der Waals surface area contributed by atoms with Crippen LogP contribution in [-0.4, -0.2) is 19.9 Å². The van der Waals surface area contributed by atoms with E-state index in [1.165, 1.54) is 5.56 Å². The molecule has 5 heterocycles. The first-order chi connectivity index (χ1) is 24.7. The van der Waals surface area contributed by atoms with Gasteiger partial charge in [-0.1, -0.05) is 131 Å². The summed E-state index contributed by atoms with van der Waals surface area (Å²) in [7, 11) is 0. The van der Waals surface area contributed by atoms with Gasteiger partial charge in [0, 0.05) is 71.8 Å². The zero-order valence-corrected chi connectivity index (χ0v) is 28.8. The molecular weight excluding hydrogens is 676 g/mol. The van der Waals surface area contributed by atoms with Crippen LogP contribution in [0.2, 0.25) is 0 Å². The summed E-state index contributed by atoms with van der Waals surface area (Å²) in [6.07, 6.45) is 0. The van der Waals surface area contributed by atoms with Crippen molar-refractivity contribution in [3.8, 4) is 0 Å². The summed E-state index contributed by atoms with van der Waals surface area (Å²) in [5, 5.41) is 4.95. The van der Waals surface area contributed by atoms with Crippen molar-refractivity contribution >= 4 is 38.2 Å². The van der Waals surface area contributed by atoms with Crippen molar-refractivity contribution in [3.63, 3.8) is 0 Å². The minimum Gasteiger partial charge on any atom is -0.354 e. The molecule has 8 aromatic rings. The molecule has 0 radical (unpaired) electrons. The highest BCUT2D eigenvalue weighted by atomic mass is 79.9. The predicted molar refractivity (Wildman–Crippen MR) is 207 cm³/mol. The Bertz CT molecular complexity index is 2710. The van der Waals surface area contributed by atoms with Crippen molar-refractivity contribution in [2.24, 2.45) is 0 Å². The van der Waals surface area contributed by atoms with Gasteiger partial charge in [0.15, 0.2) is 0 Å². The SMILES string of the molecule is BrCc1ccc(C2=c3ccc([nH]3)=C(c3ccccc3)c3ccc([nH]3)C(c3ccccc3)=c3ccc([nH]3)=C(c3ccccc3)c3ccc2[nH]3)cc1. The number of rotatable bonds is 5. The van der Waals surface area contributed by atoms with Crippen LogP contribution in [0.1, 0.15) is 50.6 Å². The van der Waals surface area contributed by atoms with E-state index < -0.39 is 0 Å². The number of fused-ring (bicyclic) bond motifs is 8. The molecule has 4 aromatic carbocycles. The second-order valence-electron chi connectivity index (χ2n) is 12.6. The number of alkyl halides is 1. The fourth-order valence-electron chi connectivity index (χ4n) is 7.15. The molecule has 0 saturated heterocycles. The van der Waals surface area contributed by atoms with Crippen LogP contribution in [0.5, 0.6) is 0 Å². The minimum atomic E-state index is 0.812. The molecule has 4 N–H and O–H groups in total. The number of aromatic nitrogens is 4. The van der Waals surface area contributed by atoms with Gasteiger partial charge >= 0.3 is 0 Å². The van der Waals surface area contributed by atoms with E-state index in [2.05, 4.69) is 200 Å². The molecule has 4 aromatic heterocycles. The normalized spacial score (nSPS) is 12.8. The van der Waals surface area contributed by atoms with Crippen LogP contribution in [0, 0.1) is 0 Å². The monoisotopic (exact) mass is 708 g/mol. The lowest BCUT2D eigenvalue weighted by Gasteiger charge is -2.10. The van der Waals surface area contributed by atoms with Gasteiger partial charge in [0.1, 0.15) is 0 Å². The van der Waals surface area contributed by atoms with Crippen molar-refractivity contribution < 1.29 is 0 Å². The fourth-order valence-corrected chi connectivity index (χ4v) is 7.52. The standard InChI is InChI=1S/C45H33BrN4/c46-28-29-16-18-33(19-17-29)45-40-26-24-38(49-40)43(31-12-6-2-7-13-31)36-22-20-34(47-36)42(30-10-4-1-5-11-30)35-21-23-37(48-35)44(32-14-8-3-9-15-32)39-25-27-41(45)50-39/h1-27,47-50H,28H2. The Labute approximate surface area is 298 Å². The van der Waals surface area contributed by atoms with E-state index in [1.54, 1.807) is 0 Å². The van der Waals surface area contributed by atoms with Crippen molar-refractivity contribution in [1.82, 2.24) is 19.9 Å². The Hall–Kier alpha value is -6.04. The molecule has 240 valence electrons. The number of H-pyrrole nitrogens is 4. The summed E-state index contributed by atoms with van der Waals surface area (Å²) in [6, 6.07) is 58.3. The van der Waals surface area contributed by atoms with Crippen molar-refractivity contribution in [1.29, 1.82) is 0 Å². The molecule has 8 bridgehead atoms. The summed E-state index contributed by atoms with van der Waals surface area (Å²) >= 11 is 3.62. The minimum absolute atomic E-state index is 0.812. The van der Waals surface area contributed by atoms with Crippen molar-refractivity contribution in [3.05, 3.63) is 236 Å². The maximum Gasteiger partial charge on any atom is 0.0485 e. The predicted octanol–water partition coefficient (Wildman–Crippen LogP) is 7.20. The molecule has 9 rings (SSSR count). The maximum atomic E-state index is 3.86. The number of hydrogen-bond donors (Lipinski definition) is 4. The number of benzene rings is 4. The molecule has 1 aliphatic heterocycles. The van der Waals surface area contributed by atoms with Crippen LogP contribution in [0.15, 0.2) is 164 Å². The highest BCUT2D eigenvalue weighted by molar-refractivity contribution is 9.08. The summed E-state index contributed by atoms with van der Waals surface area (Å²) in [5.74, 6) is 0. The first kappa shape index (κ1) is 30.1. The molecule has 0 fully saturated rings. The van der Waals surface area contributed by atoms with Gasteiger partial charge in [-0.15, -0.1) is 0 Å². The van der Waals surface area contributed by atoms with Crippen LogP contribution in [0.4, 0.5) is 0 Å². The van der Waals surface area contributed by atoms with Gasteiger partial charge in [-0.05, 0) is 76.3 Å². The Morgan fingerprint density at radius 3 is 0.900 bits per heavy atom. The third-order valence-corrected chi connectivity index (χ3v) is 10.1.